The molecule has 2 aliphatic rings. The average Bonchev–Trinajstić information content (AvgIpc) is 3.08. The van der Waals surface area contributed by atoms with Crippen molar-refractivity contribution in [3.05, 3.63) is 35.9 Å². The summed E-state index contributed by atoms with van der Waals surface area (Å²) in [6, 6.07) is 9.90. The third-order valence-electron chi connectivity index (χ3n) is 5.34. The number of nitrogens with zero attached hydrogens (tertiary/aromatic N) is 1. The Morgan fingerprint density at radius 3 is 2.62 bits per heavy atom. The zero-order valence-corrected chi connectivity index (χ0v) is 12.6. The van der Waals surface area contributed by atoms with Gasteiger partial charge in [-0.3, -0.25) is 4.79 Å². The minimum atomic E-state index is -0.243. The highest BCUT2D eigenvalue weighted by Gasteiger charge is 2.43. The lowest BCUT2D eigenvalue weighted by Gasteiger charge is -2.26. The number of fused-ring (bicyclic) bond motifs is 1. The van der Waals surface area contributed by atoms with Crippen LogP contribution < -0.4 is 11.5 Å². The van der Waals surface area contributed by atoms with Crippen LogP contribution in [0.1, 0.15) is 31.4 Å². The first kappa shape index (κ1) is 14.5. The van der Waals surface area contributed by atoms with E-state index in [9.17, 15) is 4.79 Å². The van der Waals surface area contributed by atoms with E-state index in [0.717, 1.165) is 31.5 Å². The minimum absolute atomic E-state index is 0.174. The molecule has 4 N–H and O–H groups in total. The number of hydrogen-bond donors (Lipinski definition) is 2. The quantitative estimate of drug-likeness (QED) is 0.885. The first-order valence-corrected chi connectivity index (χ1v) is 7.93. The number of benzene rings is 1. The molecule has 0 spiro atoms. The normalized spacial score (nSPS) is 31.0. The van der Waals surface area contributed by atoms with Crippen molar-refractivity contribution < 1.29 is 4.79 Å². The summed E-state index contributed by atoms with van der Waals surface area (Å²) < 4.78 is 0. The molecule has 1 heterocycles. The summed E-state index contributed by atoms with van der Waals surface area (Å²) in [4.78, 5) is 14.7. The van der Waals surface area contributed by atoms with E-state index in [2.05, 4.69) is 0 Å². The molecule has 1 saturated carbocycles. The fourth-order valence-corrected chi connectivity index (χ4v) is 3.89. The molecular weight excluding hydrogens is 262 g/mol. The maximum absolute atomic E-state index is 12.7. The summed E-state index contributed by atoms with van der Waals surface area (Å²) in [6.07, 6.45) is 2.27. The molecule has 1 aromatic rings. The lowest BCUT2D eigenvalue weighted by atomic mass is 9.94. The summed E-state index contributed by atoms with van der Waals surface area (Å²) >= 11 is 0. The molecular formula is C17H25N3O. The van der Waals surface area contributed by atoms with Crippen LogP contribution in [-0.4, -0.2) is 29.9 Å². The molecule has 1 amide bonds. The van der Waals surface area contributed by atoms with E-state index >= 15 is 0 Å². The van der Waals surface area contributed by atoms with E-state index < -0.39 is 0 Å². The highest BCUT2D eigenvalue weighted by Crippen LogP contribution is 2.38. The molecule has 2 fully saturated rings. The first-order valence-electron chi connectivity index (χ1n) is 7.93. The Labute approximate surface area is 126 Å². The Morgan fingerprint density at radius 2 is 1.95 bits per heavy atom. The van der Waals surface area contributed by atoms with Crippen molar-refractivity contribution in [1.82, 2.24) is 4.90 Å². The van der Waals surface area contributed by atoms with Gasteiger partial charge in [0, 0.05) is 25.2 Å². The smallest absolute Gasteiger partial charge is 0.227 e. The van der Waals surface area contributed by atoms with Gasteiger partial charge in [0.25, 0.3) is 0 Å². The number of carbonyl (C=O) groups is 1. The number of carbonyl (C=O) groups excluding carboxylic acids is 1. The van der Waals surface area contributed by atoms with Crippen LogP contribution >= 0.6 is 0 Å². The van der Waals surface area contributed by atoms with Gasteiger partial charge >= 0.3 is 0 Å². The van der Waals surface area contributed by atoms with E-state index in [1.807, 2.05) is 42.2 Å². The molecule has 0 bridgehead atoms. The Morgan fingerprint density at radius 1 is 1.24 bits per heavy atom. The van der Waals surface area contributed by atoms with Crippen LogP contribution in [0.2, 0.25) is 0 Å². The van der Waals surface area contributed by atoms with E-state index in [1.165, 1.54) is 0 Å². The molecule has 4 heteroatoms. The van der Waals surface area contributed by atoms with Gasteiger partial charge in [-0.2, -0.15) is 0 Å². The summed E-state index contributed by atoms with van der Waals surface area (Å²) in [5.74, 6) is 1.08. The lowest BCUT2D eigenvalue weighted by molar-refractivity contribution is -0.135. The van der Waals surface area contributed by atoms with Gasteiger partial charge in [-0.25, -0.2) is 0 Å². The zero-order valence-electron chi connectivity index (χ0n) is 12.6. The van der Waals surface area contributed by atoms with Crippen molar-refractivity contribution in [3.8, 4) is 0 Å². The zero-order chi connectivity index (χ0) is 15.0. The van der Waals surface area contributed by atoms with Crippen LogP contribution in [0.5, 0.6) is 0 Å². The largest absolute Gasteiger partial charge is 0.342 e. The SMILES string of the molecule is CC(C(=O)N1CC2CCC(N)C2C1)C(N)c1ccccc1. The van der Waals surface area contributed by atoms with Crippen molar-refractivity contribution in [2.75, 3.05) is 13.1 Å². The van der Waals surface area contributed by atoms with Crippen LogP contribution in [0.25, 0.3) is 0 Å². The molecule has 114 valence electrons. The number of nitrogens with two attached hydrogens (primary N) is 2. The van der Waals surface area contributed by atoms with E-state index in [4.69, 9.17) is 11.5 Å². The molecule has 1 saturated heterocycles. The Hall–Kier alpha value is -1.39. The summed E-state index contributed by atoms with van der Waals surface area (Å²) in [5.41, 5.74) is 13.4. The fraction of sp³-hybridized carbons (Fsp3) is 0.588. The Kier molecular flexibility index (Phi) is 4.00. The molecule has 4 nitrogen and oxygen atoms in total. The number of likely N-dealkylation sites (tertiary alicyclic amines) is 1. The predicted octanol–water partition coefficient (Wildman–Crippen LogP) is 1.52. The van der Waals surface area contributed by atoms with Gasteiger partial charge in [0.1, 0.15) is 0 Å². The van der Waals surface area contributed by atoms with Crippen LogP contribution in [-0.2, 0) is 4.79 Å². The number of hydrogen-bond acceptors (Lipinski definition) is 3. The molecule has 1 aliphatic carbocycles. The third kappa shape index (κ3) is 2.70. The van der Waals surface area contributed by atoms with Crippen molar-refractivity contribution in [2.45, 2.75) is 31.8 Å². The van der Waals surface area contributed by atoms with Gasteiger partial charge in [0.15, 0.2) is 0 Å². The Bertz CT molecular complexity index is 504. The molecule has 1 aliphatic heterocycles. The van der Waals surface area contributed by atoms with Gasteiger partial charge in [-0.1, -0.05) is 37.3 Å². The first-order chi connectivity index (χ1) is 10.1. The second-order valence-electron chi connectivity index (χ2n) is 6.63. The van der Waals surface area contributed by atoms with Crippen LogP contribution in [0, 0.1) is 17.8 Å². The van der Waals surface area contributed by atoms with Gasteiger partial charge < -0.3 is 16.4 Å². The Balaban J connectivity index is 1.66. The highest BCUT2D eigenvalue weighted by molar-refractivity contribution is 5.79. The second-order valence-corrected chi connectivity index (χ2v) is 6.63. The van der Waals surface area contributed by atoms with E-state index in [1.54, 1.807) is 0 Å². The fourth-order valence-electron chi connectivity index (χ4n) is 3.89. The van der Waals surface area contributed by atoms with Crippen LogP contribution in [0.4, 0.5) is 0 Å². The molecule has 3 rings (SSSR count). The summed E-state index contributed by atoms with van der Waals surface area (Å²) in [5, 5.41) is 0. The third-order valence-corrected chi connectivity index (χ3v) is 5.34. The van der Waals surface area contributed by atoms with E-state index in [0.29, 0.717) is 11.8 Å². The standard InChI is InChI=1S/C17H25N3O/c1-11(16(19)12-5-3-2-4-6-12)17(21)20-9-13-7-8-15(18)14(13)10-20/h2-6,11,13-16H,7-10,18-19H2,1H3. The van der Waals surface area contributed by atoms with Gasteiger partial charge in [-0.15, -0.1) is 0 Å². The van der Waals surface area contributed by atoms with Gasteiger partial charge in [-0.05, 0) is 30.2 Å². The minimum Gasteiger partial charge on any atom is -0.342 e. The number of amides is 1. The molecule has 5 atom stereocenters. The maximum Gasteiger partial charge on any atom is 0.227 e. The van der Waals surface area contributed by atoms with Crippen LogP contribution in [0.3, 0.4) is 0 Å². The molecule has 21 heavy (non-hydrogen) atoms. The van der Waals surface area contributed by atoms with Gasteiger partial charge in [0.05, 0.1) is 5.92 Å². The van der Waals surface area contributed by atoms with Crippen molar-refractivity contribution in [3.63, 3.8) is 0 Å². The predicted molar refractivity (Wildman–Crippen MR) is 83.3 cm³/mol. The topological polar surface area (TPSA) is 72.3 Å². The monoisotopic (exact) mass is 287 g/mol. The lowest BCUT2D eigenvalue weighted by Crippen LogP contribution is -2.39. The van der Waals surface area contributed by atoms with Crippen molar-refractivity contribution in [2.24, 2.45) is 29.2 Å². The van der Waals surface area contributed by atoms with Crippen molar-refractivity contribution >= 4 is 5.91 Å². The van der Waals surface area contributed by atoms with Gasteiger partial charge in [0.2, 0.25) is 5.91 Å². The number of rotatable bonds is 3. The van der Waals surface area contributed by atoms with E-state index in [-0.39, 0.29) is 23.9 Å². The molecule has 0 aromatic heterocycles. The average molecular weight is 287 g/mol. The molecule has 5 unspecified atom stereocenters. The summed E-state index contributed by atoms with van der Waals surface area (Å²) in [6.45, 7) is 3.62. The molecule has 0 radical (unpaired) electrons. The van der Waals surface area contributed by atoms with Crippen LogP contribution in [0.15, 0.2) is 30.3 Å². The van der Waals surface area contributed by atoms with Crippen molar-refractivity contribution in [1.29, 1.82) is 0 Å². The second kappa shape index (κ2) is 5.78. The maximum atomic E-state index is 12.7. The summed E-state index contributed by atoms with van der Waals surface area (Å²) in [7, 11) is 0. The highest BCUT2D eigenvalue weighted by atomic mass is 16.2. The molecule has 1 aromatic carbocycles.